The molecule has 2 heterocycles. The first-order valence-corrected chi connectivity index (χ1v) is 6.67. The Bertz CT molecular complexity index is 542. The highest BCUT2D eigenvalue weighted by Gasteiger charge is 2.14. The van der Waals surface area contributed by atoms with Crippen LogP contribution < -0.4 is 5.73 Å². The zero-order valence-electron chi connectivity index (χ0n) is 10.1. The molecule has 2 aromatic heterocycles. The van der Waals surface area contributed by atoms with Crippen LogP contribution in [-0.4, -0.2) is 15.0 Å². The van der Waals surface area contributed by atoms with Crippen LogP contribution in [0.3, 0.4) is 0 Å². The Morgan fingerprint density at radius 1 is 1.22 bits per heavy atom. The predicted molar refractivity (Wildman–Crippen MR) is 73.9 cm³/mol. The van der Waals surface area contributed by atoms with E-state index >= 15 is 0 Å². The van der Waals surface area contributed by atoms with Crippen molar-refractivity contribution in [1.29, 1.82) is 0 Å². The molecule has 0 saturated heterocycles. The van der Waals surface area contributed by atoms with Gasteiger partial charge in [0.05, 0.1) is 5.02 Å². The summed E-state index contributed by atoms with van der Waals surface area (Å²) >= 11 is 7.27. The monoisotopic (exact) mass is 280 g/mol. The van der Waals surface area contributed by atoms with E-state index < -0.39 is 0 Å². The molecule has 0 amide bonds. The molecule has 2 aromatic rings. The van der Waals surface area contributed by atoms with Crippen LogP contribution in [0.25, 0.3) is 0 Å². The van der Waals surface area contributed by atoms with E-state index in [1.54, 1.807) is 12.3 Å². The normalized spacial score (nSPS) is 10.9. The largest absolute Gasteiger partial charge is 0.383 e. The number of pyridine rings is 1. The molecule has 0 aliphatic rings. The van der Waals surface area contributed by atoms with Crippen LogP contribution >= 0.6 is 23.4 Å². The number of hydrogen-bond donors (Lipinski definition) is 1. The molecule has 4 nitrogen and oxygen atoms in total. The maximum absolute atomic E-state index is 5.89. The van der Waals surface area contributed by atoms with Crippen molar-refractivity contribution in [3.8, 4) is 0 Å². The fourth-order valence-electron chi connectivity index (χ4n) is 1.54. The molecule has 0 aromatic carbocycles. The van der Waals surface area contributed by atoms with Gasteiger partial charge in [-0.15, -0.1) is 0 Å². The van der Waals surface area contributed by atoms with E-state index in [1.807, 2.05) is 6.07 Å². The number of rotatable bonds is 3. The average Bonchev–Trinajstić information content (AvgIpc) is 2.32. The number of nitrogens with two attached hydrogens (primary N) is 1. The minimum Gasteiger partial charge on any atom is -0.383 e. The first-order chi connectivity index (χ1) is 8.58. The highest BCUT2D eigenvalue weighted by molar-refractivity contribution is 7.99. The van der Waals surface area contributed by atoms with Crippen molar-refractivity contribution in [2.45, 2.75) is 29.8 Å². The Kier molecular flexibility index (Phi) is 4.04. The van der Waals surface area contributed by atoms with Gasteiger partial charge in [0, 0.05) is 11.8 Å². The first-order valence-electron chi connectivity index (χ1n) is 5.47. The maximum atomic E-state index is 5.89. The van der Waals surface area contributed by atoms with Gasteiger partial charge in [-0.3, -0.25) is 0 Å². The van der Waals surface area contributed by atoms with Crippen LogP contribution in [-0.2, 0) is 0 Å². The Morgan fingerprint density at radius 3 is 2.61 bits per heavy atom. The van der Waals surface area contributed by atoms with Gasteiger partial charge in [0.1, 0.15) is 22.2 Å². The van der Waals surface area contributed by atoms with Crippen molar-refractivity contribution < 1.29 is 0 Å². The molecule has 0 saturated carbocycles. The van der Waals surface area contributed by atoms with Gasteiger partial charge >= 0.3 is 0 Å². The van der Waals surface area contributed by atoms with Gasteiger partial charge < -0.3 is 5.73 Å². The van der Waals surface area contributed by atoms with Crippen LogP contribution in [0.15, 0.2) is 34.7 Å². The molecule has 0 spiro atoms. The van der Waals surface area contributed by atoms with Crippen molar-refractivity contribution >= 4 is 29.2 Å². The molecule has 0 fully saturated rings. The van der Waals surface area contributed by atoms with E-state index in [4.69, 9.17) is 17.3 Å². The lowest BCUT2D eigenvalue weighted by Crippen LogP contribution is -2.03. The molecule has 94 valence electrons. The van der Waals surface area contributed by atoms with Crippen molar-refractivity contribution in [3.05, 3.63) is 35.2 Å². The SMILES string of the molecule is CC(C)c1c(N)ncnc1Sc1ccc(Cl)cn1. The first kappa shape index (κ1) is 13.1. The summed E-state index contributed by atoms with van der Waals surface area (Å²) in [5, 5.41) is 2.29. The maximum Gasteiger partial charge on any atom is 0.131 e. The fourth-order valence-corrected chi connectivity index (χ4v) is 2.64. The Morgan fingerprint density at radius 2 is 2.00 bits per heavy atom. The zero-order valence-corrected chi connectivity index (χ0v) is 11.7. The summed E-state index contributed by atoms with van der Waals surface area (Å²) in [6.07, 6.45) is 3.09. The van der Waals surface area contributed by atoms with Crippen molar-refractivity contribution in [3.63, 3.8) is 0 Å². The van der Waals surface area contributed by atoms with E-state index in [0.717, 1.165) is 15.6 Å². The number of nitrogen functional groups attached to an aromatic ring is 1. The molecule has 2 rings (SSSR count). The lowest BCUT2D eigenvalue weighted by Gasteiger charge is -2.12. The number of halogens is 1. The van der Waals surface area contributed by atoms with Crippen LogP contribution in [0.4, 0.5) is 5.82 Å². The second kappa shape index (κ2) is 5.54. The van der Waals surface area contributed by atoms with Gasteiger partial charge in [-0.2, -0.15) is 0 Å². The van der Waals surface area contributed by atoms with Gasteiger partial charge in [-0.1, -0.05) is 25.4 Å². The van der Waals surface area contributed by atoms with Crippen LogP contribution in [0.1, 0.15) is 25.3 Å². The Hall–Kier alpha value is -1.33. The topological polar surface area (TPSA) is 64.7 Å². The molecule has 0 aliphatic carbocycles. The number of nitrogens with zero attached hydrogens (tertiary/aromatic N) is 3. The van der Waals surface area contributed by atoms with Crippen molar-refractivity contribution in [1.82, 2.24) is 15.0 Å². The summed E-state index contributed by atoms with van der Waals surface area (Å²) in [6.45, 7) is 4.13. The molecular weight excluding hydrogens is 268 g/mol. The minimum atomic E-state index is 0.265. The molecule has 0 unspecified atom stereocenters. The van der Waals surface area contributed by atoms with Gasteiger partial charge in [0.25, 0.3) is 0 Å². The van der Waals surface area contributed by atoms with E-state index in [2.05, 4.69) is 28.8 Å². The van der Waals surface area contributed by atoms with Gasteiger partial charge in [-0.05, 0) is 29.8 Å². The highest BCUT2D eigenvalue weighted by atomic mass is 35.5. The standard InChI is InChI=1S/C12H13ClN4S/c1-7(2)10-11(14)16-6-17-12(10)18-9-4-3-8(13)5-15-9/h3-7H,1-2H3,(H2,14,16,17). The highest BCUT2D eigenvalue weighted by Crippen LogP contribution is 2.33. The summed E-state index contributed by atoms with van der Waals surface area (Å²) in [5.41, 5.74) is 6.85. The molecule has 0 atom stereocenters. The lowest BCUT2D eigenvalue weighted by atomic mass is 10.1. The molecule has 6 heteroatoms. The minimum absolute atomic E-state index is 0.265. The summed E-state index contributed by atoms with van der Waals surface area (Å²) in [6, 6.07) is 3.66. The van der Waals surface area contributed by atoms with E-state index in [0.29, 0.717) is 10.8 Å². The number of anilines is 1. The average molecular weight is 281 g/mol. The lowest BCUT2D eigenvalue weighted by molar-refractivity contribution is 0.808. The second-order valence-electron chi connectivity index (χ2n) is 4.05. The van der Waals surface area contributed by atoms with Crippen LogP contribution in [0.5, 0.6) is 0 Å². The Balaban J connectivity index is 2.34. The van der Waals surface area contributed by atoms with Crippen LogP contribution in [0, 0.1) is 0 Å². The van der Waals surface area contributed by atoms with E-state index in [1.165, 1.54) is 18.1 Å². The zero-order chi connectivity index (χ0) is 13.1. The summed E-state index contributed by atoms with van der Waals surface area (Å²) in [7, 11) is 0. The number of aromatic nitrogens is 3. The Labute approximate surface area is 115 Å². The van der Waals surface area contributed by atoms with Gasteiger partial charge in [0.15, 0.2) is 0 Å². The molecule has 0 bridgehead atoms. The third-order valence-electron chi connectivity index (χ3n) is 2.36. The summed E-state index contributed by atoms with van der Waals surface area (Å²) in [5.74, 6) is 0.789. The molecule has 0 aliphatic heterocycles. The second-order valence-corrected chi connectivity index (χ2v) is 5.49. The van der Waals surface area contributed by atoms with E-state index in [-0.39, 0.29) is 5.92 Å². The molecule has 18 heavy (non-hydrogen) atoms. The smallest absolute Gasteiger partial charge is 0.131 e. The summed E-state index contributed by atoms with van der Waals surface area (Å²) in [4.78, 5) is 12.5. The number of hydrogen-bond acceptors (Lipinski definition) is 5. The third-order valence-corrected chi connectivity index (χ3v) is 3.55. The molecular formula is C12H13ClN4S. The van der Waals surface area contributed by atoms with Crippen molar-refractivity contribution in [2.24, 2.45) is 0 Å². The van der Waals surface area contributed by atoms with Gasteiger partial charge in [-0.25, -0.2) is 15.0 Å². The fraction of sp³-hybridized carbons (Fsp3) is 0.250. The summed E-state index contributed by atoms with van der Waals surface area (Å²) < 4.78 is 0. The van der Waals surface area contributed by atoms with Gasteiger partial charge in [0.2, 0.25) is 0 Å². The van der Waals surface area contributed by atoms with Crippen molar-refractivity contribution in [2.75, 3.05) is 5.73 Å². The molecule has 0 radical (unpaired) electrons. The molecule has 2 N–H and O–H groups in total. The van der Waals surface area contributed by atoms with Crippen LogP contribution in [0.2, 0.25) is 5.02 Å². The third kappa shape index (κ3) is 2.91. The quantitative estimate of drug-likeness (QED) is 0.873. The predicted octanol–water partition coefficient (Wildman–Crippen LogP) is 3.38. The van der Waals surface area contributed by atoms with E-state index in [9.17, 15) is 0 Å².